The molecule has 0 amide bonds. The van der Waals surface area contributed by atoms with Gasteiger partial charge in [-0.25, -0.2) is 0 Å². The molecule has 1 heteroatoms. The average molecular weight is 132 g/mol. The Morgan fingerprint density at radius 2 is 1.80 bits per heavy atom. The van der Waals surface area contributed by atoms with E-state index < -0.39 is 0 Å². The molecule has 0 N–H and O–H groups in total. The van der Waals surface area contributed by atoms with Crippen LogP contribution in [-0.4, -0.2) is 0 Å². The maximum Gasteiger partial charge on any atom is 0.143 e. The van der Waals surface area contributed by atoms with Crippen LogP contribution < -0.4 is 0 Å². The Hall–Kier alpha value is -1.24. The lowest BCUT2D eigenvalue weighted by Crippen LogP contribution is -1.79. The molecule has 1 heterocycles. The van der Waals surface area contributed by atoms with E-state index in [1.54, 1.807) is 6.26 Å². The van der Waals surface area contributed by atoms with Crippen LogP contribution in [0, 0.1) is 0 Å². The number of rotatable bonds is 2. The van der Waals surface area contributed by atoms with E-state index in [-0.39, 0.29) is 0 Å². The molecular formula is C9H8O. The first-order valence-corrected chi connectivity index (χ1v) is 3.35. The Labute approximate surface area is 59.9 Å². The van der Waals surface area contributed by atoms with Crippen molar-refractivity contribution in [2.24, 2.45) is 0 Å². The molecule has 1 aliphatic heterocycles. The van der Waals surface area contributed by atoms with Crippen LogP contribution in [0.3, 0.4) is 0 Å². The van der Waals surface area contributed by atoms with Gasteiger partial charge in [0.2, 0.25) is 0 Å². The van der Waals surface area contributed by atoms with E-state index in [1.807, 2.05) is 18.2 Å². The first-order chi connectivity index (χ1) is 4.95. The van der Waals surface area contributed by atoms with Crippen LogP contribution in [0.4, 0.5) is 0 Å². The molecule has 0 fully saturated rings. The number of benzene rings is 1. The maximum absolute atomic E-state index is 4.90. The molecule has 0 unspecified atom stereocenters. The third kappa shape index (κ3) is 1.18. The van der Waals surface area contributed by atoms with E-state index in [4.69, 9.17) is 4.74 Å². The van der Waals surface area contributed by atoms with Crippen molar-refractivity contribution in [2.75, 3.05) is 0 Å². The SMILES string of the molecule is C1=C(Cc2ccccc2)O1. The Morgan fingerprint density at radius 3 is 2.40 bits per heavy atom. The van der Waals surface area contributed by atoms with Crippen LogP contribution in [-0.2, 0) is 11.2 Å². The Balaban J connectivity index is 2.11. The van der Waals surface area contributed by atoms with Crippen LogP contribution in [0.25, 0.3) is 0 Å². The maximum atomic E-state index is 4.90. The summed E-state index contributed by atoms with van der Waals surface area (Å²) in [5.41, 5.74) is 1.31. The zero-order valence-electron chi connectivity index (χ0n) is 5.58. The molecule has 0 spiro atoms. The van der Waals surface area contributed by atoms with Crippen molar-refractivity contribution in [3.63, 3.8) is 0 Å². The zero-order valence-corrected chi connectivity index (χ0v) is 5.58. The van der Waals surface area contributed by atoms with Gasteiger partial charge in [-0.2, -0.15) is 0 Å². The van der Waals surface area contributed by atoms with Gasteiger partial charge in [-0.1, -0.05) is 30.3 Å². The first kappa shape index (κ1) is 5.54. The lowest BCUT2D eigenvalue weighted by atomic mass is 10.1. The van der Waals surface area contributed by atoms with Gasteiger partial charge in [-0.3, -0.25) is 0 Å². The fraction of sp³-hybridized carbons (Fsp3) is 0.111. The summed E-state index contributed by atoms with van der Waals surface area (Å²) in [6.45, 7) is 0. The molecule has 50 valence electrons. The van der Waals surface area contributed by atoms with Crippen molar-refractivity contribution < 1.29 is 4.74 Å². The smallest absolute Gasteiger partial charge is 0.143 e. The minimum absolute atomic E-state index is 0.945. The van der Waals surface area contributed by atoms with Crippen LogP contribution in [0.15, 0.2) is 42.4 Å². The van der Waals surface area contributed by atoms with Crippen LogP contribution in [0.5, 0.6) is 0 Å². The monoisotopic (exact) mass is 132 g/mol. The average Bonchev–Trinajstić information content (AvgIpc) is 2.74. The highest BCUT2D eigenvalue weighted by Gasteiger charge is 2.09. The second-order valence-electron chi connectivity index (χ2n) is 2.36. The van der Waals surface area contributed by atoms with Crippen molar-refractivity contribution in [3.8, 4) is 0 Å². The summed E-state index contributed by atoms with van der Waals surface area (Å²) in [6, 6.07) is 10.3. The molecule has 0 aliphatic carbocycles. The van der Waals surface area contributed by atoms with Gasteiger partial charge in [0.15, 0.2) is 0 Å². The van der Waals surface area contributed by atoms with Gasteiger partial charge < -0.3 is 4.74 Å². The van der Waals surface area contributed by atoms with E-state index in [0.717, 1.165) is 12.2 Å². The number of allylic oxidation sites excluding steroid dienone is 1. The second kappa shape index (κ2) is 2.18. The molecule has 0 aromatic heterocycles. The molecule has 10 heavy (non-hydrogen) atoms. The van der Waals surface area contributed by atoms with Crippen LogP contribution in [0.2, 0.25) is 0 Å². The molecule has 0 atom stereocenters. The Bertz CT molecular complexity index is 249. The fourth-order valence-electron chi connectivity index (χ4n) is 0.922. The molecule has 0 saturated carbocycles. The summed E-state index contributed by atoms with van der Waals surface area (Å²) < 4.78 is 4.90. The van der Waals surface area contributed by atoms with Crippen molar-refractivity contribution in [1.29, 1.82) is 0 Å². The molecule has 1 aromatic carbocycles. The molecular weight excluding hydrogens is 124 g/mol. The van der Waals surface area contributed by atoms with Gasteiger partial charge >= 0.3 is 0 Å². The first-order valence-electron chi connectivity index (χ1n) is 3.35. The predicted molar refractivity (Wildman–Crippen MR) is 39.3 cm³/mol. The van der Waals surface area contributed by atoms with Crippen LogP contribution >= 0.6 is 0 Å². The standard InChI is InChI=1S/C9H8O/c1-2-4-8(5-3-1)6-9-7-10-9/h1-5,7H,6H2. The third-order valence-electron chi connectivity index (χ3n) is 1.51. The quantitative estimate of drug-likeness (QED) is 0.600. The Morgan fingerprint density at radius 1 is 1.10 bits per heavy atom. The summed E-state index contributed by atoms with van der Waals surface area (Å²) >= 11 is 0. The van der Waals surface area contributed by atoms with E-state index in [1.165, 1.54) is 5.56 Å². The summed E-state index contributed by atoms with van der Waals surface area (Å²) in [5.74, 6) is 1.09. The molecule has 1 nitrogen and oxygen atoms in total. The van der Waals surface area contributed by atoms with E-state index in [0.29, 0.717) is 0 Å². The van der Waals surface area contributed by atoms with Crippen LogP contribution in [0.1, 0.15) is 5.56 Å². The topological polar surface area (TPSA) is 12.5 Å². The highest BCUT2D eigenvalue weighted by atomic mass is 16.5. The van der Waals surface area contributed by atoms with Crippen molar-refractivity contribution in [1.82, 2.24) is 0 Å². The number of hydrogen-bond acceptors (Lipinski definition) is 1. The molecule has 0 bridgehead atoms. The lowest BCUT2D eigenvalue weighted by Gasteiger charge is -1.91. The minimum atomic E-state index is 0.945. The van der Waals surface area contributed by atoms with E-state index in [2.05, 4.69) is 12.1 Å². The minimum Gasteiger partial charge on any atom is -0.462 e. The molecule has 1 aliphatic rings. The predicted octanol–water partition coefficient (Wildman–Crippen LogP) is 2.10. The number of ether oxygens (including phenoxy) is 1. The highest BCUT2D eigenvalue weighted by Crippen LogP contribution is 2.18. The fourth-order valence-corrected chi connectivity index (χ4v) is 0.922. The van der Waals surface area contributed by atoms with Crippen molar-refractivity contribution >= 4 is 0 Å². The lowest BCUT2D eigenvalue weighted by molar-refractivity contribution is 0.491. The normalized spacial score (nSPS) is 13.8. The van der Waals surface area contributed by atoms with Gasteiger partial charge in [0.25, 0.3) is 0 Å². The van der Waals surface area contributed by atoms with Crippen molar-refractivity contribution in [3.05, 3.63) is 47.9 Å². The Kier molecular flexibility index (Phi) is 1.21. The summed E-state index contributed by atoms with van der Waals surface area (Å²) in [5, 5.41) is 0. The van der Waals surface area contributed by atoms with Gasteiger partial charge in [0.05, 0.1) is 0 Å². The highest BCUT2D eigenvalue weighted by molar-refractivity contribution is 5.22. The third-order valence-corrected chi connectivity index (χ3v) is 1.51. The van der Waals surface area contributed by atoms with Gasteiger partial charge in [0.1, 0.15) is 12.0 Å². The molecule has 1 aromatic rings. The molecule has 2 rings (SSSR count). The van der Waals surface area contributed by atoms with Crippen molar-refractivity contribution in [2.45, 2.75) is 6.42 Å². The summed E-state index contributed by atoms with van der Waals surface area (Å²) in [7, 11) is 0. The summed E-state index contributed by atoms with van der Waals surface area (Å²) in [6.07, 6.45) is 2.73. The summed E-state index contributed by atoms with van der Waals surface area (Å²) in [4.78, 5) is 0. The zero-order chi connectivity index (χ0) is 6.81. The molecule has 0 saturated heterocycles. The van der Waals surface area contributed by atoms with Gasteiger partial charge in [-0.15, -0.1) is 0 Å². The molecule has 0 radical (unpaired) electrons. The van der Waals surface area contributed by atoms with Gasteiger partial charge in [-0.05, 0) is 5.56 Å². The largest absolute Gasteiger partial charge is 0.462 e. The second-order valence-corrected chi connectivity index (χ2v) is 2.36. The van der Waals surface area contributed by atoms with E-state index in [9.17, 15) is 0 Å². The number of hydrogen-bond donors (Lipinski definition) is 0. The van der Waals surface area contributed by atoms with E-state index >= 15 is 0 Å². The van der Waals surface area contributed by atoms with Gasteiger partial charge in [0, 0.05) is 6.42 Å².